The van der Waals surface area contributed by atoms with Gasteiger partial charge in [-0.2, -0.15) is 0 Å². The summed E-state index contributed by atoms with van der Waals surface area (Å²) < 4.78 is 5.77. The first kappa shape index (κ1) is 15.8. The Kier molecular flexibility index (Phi) is 5.43. The van der Waals surface area contributed by atoms with Gasteiger partial charge >= 0.3 is 0 Å². The molecule has 23 heavy (non-hydrogen) atoms. The minimum Gasteiger partial charge on any atom is -0.492 e. The van der Waals surface area contributed by atoms with Gasteiger partial charge in [0.05, 0.1) is 5.56 Å². The zero-order valence-corrected chi connectivity index (χ0v) is 13.4. The lowest BCUT2D eigenvalue weighted by Crippen LogP contribution is -2.35. The maximum absolute atomic E-state index is 11.0. The number of aldehydes is 1. The van der Waals surface area contributed by atoms with Crippen molar-refractivity contribution in [2.45, 2.75) is 18.8 Å². The molecule has 0 atom stereocenters. The summed E-state index contributed by atoms with van der Waals surface area (Å²) in [6.45, 7) is 3.76. The lowest BCUT2D eigenvalue weighted by molar-refractivity contribution is 0.111. The standard InChI is InChI=1S/C20H23NO2/c22-16-19-8-4-5-9-20(19)23-15-14-21-12-10-18(11-13-21)17-6-2-1-3-7-17/h1-9,16,18H,10-15H2. The van der Waals surface area contributed by atoms with Crippen molar-refractivity contribution in [1.29, 1.82) is 0 Å². The van der Waals surface area contributed by atoms with E-state index in [0.717, 1.165) is 25.9 Å². The first-order valence-corrected chi connectivity index (χ1v) is 8.31. The molecule has 0 aliphatic carbocycles. The molecule has 3 nitrogen and oxygen atoms in total. The van der Waals surface area contributed by atoms with Crippen LogP contribution in [0.5, 0.6) is 5.75 Å². The Bertz CT molecular complexity index is 619. The van der Waals surface area contributed by atoms with Crippen molar-refractivity contribution in [3.8, 4) is 5.75 Å². The molecule has 0 radical (unpaired) electrons. The number of carbonyl (C=O) groups is 1. The van der Waals surface area contributed by atoms with Gasteiger partial charge in [0.1, 0.15) is 12.4 Å². The van der Waals surface area contributed by atoms with Crippen molar-refractivity contribution in [3.63, 3.8) is 0 Å². The maximum atomic E-state index is 11.0. The van der Waals surface area contributed by atoms with E-state index in [-0.39, 0.29) is 0 Å². The van der Waals surface area contributed by atoms with Gasteiger partial charge in [-0.25, -0.2) is 0 Å². The van der Waals surface area contributed by atoms with E-state index in [9.17, 15) is 4.79 Å². The zero-order chi connectivity index (χ0) is 15.9. The number of piperidine rings is 1. The Balaban J connectivity index is 1.44. The highest BCUT2D eigenvalue weighted by Gasteiger charge is 2.20. The van der Waals surface area contributed by atoms with E-state index >= 15 is 0 Å². The van der Waals surface area contributed by atoms with Gasteiger partial charge in [-0.15, -0.1) is 0 Å². The first-order valence-electron chi connectivity index (χ1n) is 8.31. The predicted molar refractivity (Wildman–Crippen MR) is 92.2 cm³/mol. The van der Waals surface area contributed by atoms with E-state index in [1.54, 1.807) is 6.07 Å². The normalized spacial score (nSPS) is 16.2. The molecule has 0 bridgehead atoms. The maximum Gasteiger partial charge on any atom is 0.153 e. The highest BCUT2D eigenvalue weighted by atomic mass is 16.5. The predicted octanol–water partition coefficient (Wildman–Crippen LogP) is 3.76. The Hall–Kier alpha value is -2.13. The summed E-state index contributed by atoms with van der Waals surface area (Å²) in [5.41, 5.74) is 2.08. The molecule has 0 aromatic heterocycles. The number of ether oxygens (including phenoxy) is 1. The largest absolute Gasteiger partial charge is 0.492 e. The highest BCUT2D eigenvalue weighted by molar-refractivity contribution is 5.79. The molecule has 1 fully saturated rings. The number of likely N-dealkylation sites (tertiary alicyclic amines) is 1. The van der Waals surface area contributed by atoms with Gasteiger partial charge in [0.2, 0.25) is 0 Å². The molecule has 3 heteroatoms. The third-order valence-corrected chi connectivity index (χ3v) is 4.57. The van der Waals surface area contributed by atoms with Gasteiger partial charge in [-0.3, -0.25) is 9.69 Å². The summed E-state index contributed by atoms with van der Waals surface area (Å²) in [6, 6.07) is 18.2. The second-order valence-electron chi connectivity index (χ2n) is 6.03. The molecule has 0 unspecified atom stereocenters. The number of hydrogen-bond donors (Lipinski definition) is 0. The molecular weight excluding hydrogens is 286 g/mol. The smallest absolute Gasteiger partial charge is 0.153 e. The van der Waals surface area contributed by atoms with Crippen molar-refractivity contribution in [1.82, 2.24) is 4.90 Å². The molecule has 1 saturated heterocycles. The Morgan fingerprint density at radius 2 is 1.70 bits per heavy atom. The summed E-state index contributed by atoms with van der Waals surface area (Å²) in [4.78, 5) is 13.4. The summed E-state index contributed by atoms with van der Waals surface area (Å²) in [6.07, 6.45) is 3.25. The fourth-order valence-corrected chi connectivity index (χ4v) is 3.21. The van der Waals surface area contributed by atoms with E-state index in [4.69, 9.17) is 4.74 Å². The highest BCUT2D eigenvalue weighted by Crippen LogP contribution is 2.27. The van der Waals surface area contributed by atoms with E-state index in [0.29, 0.717) is 23.8 Å². The minimum absolute atomic E-state index is 0.621. The summed E-state index contributed by atoms with van der Waals surface area (Å²) >= 11 is 0. The second kappa shape index (κ2) is 7.93. The van der Waals surface area contributed by atoms with Crippen LogP contribution >= 0.6 is 0 Å². The quantitative estimate of drug-likeness (QED) is 0.761. The number of nitrogens with zero attached hydrogens (tertiary/aromatic N) is 1. The van der Waals surface area contributed by atoms with Crippen LogP contribution in [0.1, 0.15) is 34.7 Å². The number of rotatable bonds is 6. The average molecular weight is 309 g/mol. The summed E-state index contributed by atoms with van der Waals surface area (Å²) in [5, 5.41) is 0. The molecule has 0 saturated carbocycles. The summed E-state index contributed by atoms with van der Waals surface area (Å²) in [7, 11) is 0. The fourth-order valence-electron chi connectivity index (χ4n) is 3.21. The van der Waals surface area contributed by atoms with Crippen LogP contribution in [-0.2, 0) is 0 Å². The van der Waals surface area contributed by atoms with Crippen LogP contribution in [-0.4, -0.2) is 37.4 Å². The van der Waals surface area contributed by atoms with Gasteiger partial charge < -0.3 is 4.74 Å². The lowest BCUT2D eigenvalue weighted by Gasteiger charge is -2.32. The fraction of sp³-hybridized carbons (Fsp3) is 0.350. The average Bonchev–Trinajstić information content (AvgIpc) is 2.63. The van der Waals surface area contributed by atoms with Crippen molar-refractivity contribution >= 4 is 6.29 Å². The van der Waals surface area contributed by atoms with Crippen LogP contribution < -0.4 is 4.74 Å². The molecule has 0 spiro atoms. The molecule has 0 amide bonds. The monoisotopic (exact) mass is 309 g/mol. The number of benzene rings is 2. The topological polar surface area (TPSA) is 29.5 Å². The molecular formula is C20H23NO2. The van der Waals surface area contributed by atoms with Gasteiger partial charge in [0.15, 0.2) is 6.29 Å². The van der Waals surface area contributed by atoms with Gasteiger partial charge in [0, 0.05) is 6.54 Å². The van der Waals surface area contributed by atoms with Crippen molar-refractivity contribution in [3.05, 3.63) is 65.7 Å². The number of hydrogen-bond acceptors (Lipinski definition) is 3. The second-order valence-corrected chi connectivity index (χ2v) is 6.03. The molecule has 1 aliphatic rings. The molecule has 2 aromatic carbocycles. The van der Waals surface area contributed by atoms with E-state index in [2.05, 4.69) is 35.2 Å². The Morgan fingerprint density at radius 3 is 2.43 bits per heavy atom. The molecule has 120 valence electrons. The Labute approximate surface area is 137 Å². The van der Waals surface area contributed by atoms with E-state index < -0.39 is 0 Å². The van der Waals surface area contributed by atoms with Crippen molar-refractivity contribution in [2.75, 3.05) is 26.2 Å². The third kappa shape index (κ3) is 4.20. The van der Waals surface area contributed by atoms with Gasteiger partial charge in [0.25, 0.3) is 0 Å². The minimum atomic E-state index is 0.621. The molecule has 2 aromatic rings. The summed E-state index contributed by atoms with van der Waals surface area (Å²) in [5.74, 6) is 1.37. The van der Waals surface area contributed by atoms with Crippen LogP contribution in [0.4, 0.5) is 0 Å². The number of para-hydroxylation sites is 1. The van der Waals surface area contributed by atoms with Crippen LogP contribution in [0, 0.1) is 0 Å². The van der Waals surface area contributed by atoms with Crippen LogP contribution in [0.15, 0.2) is 54.6 Å². The molecule has 1 heterocycles. The number of carbonyl (C=O) groups excluding carboxylic acids is 1. The lowest BCUT2D eigenvalue weighted by atomic mass is 9.89. The zero-order valence-electron chi connectivity index (χ0n) is 13.4. The molecule has 0 N–H and O–H groups in total. The van der Waals surface area contributed by atoms with Crippen LogP contribution in [0.3, 0.4) is 0 Å². The van der Waals surface area contributed by atoms with Crippen molar-refractivity contribution in [2.24, 2.45) is 0 Å². The van der Waals surface area contributed by atoms with E-state index in [1.165, 1.54) is 18.4 Å². The van der Waals surface area contributed by atoms with Crippen LogP contribution in [0.25, 0.3) is 0 Å². The van der Waals surface area contributed by atoms with Crippen LogP contribution in [0.2, 0.25) is 0 Å². The third-order valence-electron chi connectivity index (χ3n) is 4.57. The first-order chi connectivity index (χ1) is 11.4. The van der Waals surface area contributed by atoms with Gasteiger partial charge in [-0.1, -0.05) is 42.5 Å². The van der Waals surface area contributed by atoms with E-state index in [1.807, 2.05) is 18.2 Å². The SMILES string of the molecule is O=Cc1ccccc1OCCN1CCC(c2ccccc2)CC1. The Morgan fingerprint density at radius 1 is 1.00 bits per heavy atom. The van der Waals surface area contributed by atoms with Gasteiger partial charge in [-0.05, 0) is 49.5 Å². The molecule has 3 rings (SSSR count). The molecule has 1 aliphatic heterocycles. The van der Waals surface area contributed by atoms with Crippen molar-refractivity contribution < 1.29 is 9.53 Å².